The first-order valence-corrected chi connectivity index (χ1v) is 3.37. The Balaban J connectivity index is 3.37. The number of aromatic nitrogens is 2. The summed E-state index contributed by atoms with van der Waals surface area (Å²) in [6, 6.07) is 0. The van der Waals surface area contributed by atoms with Crippen LogP contribution in [0, 0.1) is 6.92 Å². The van der Waals surface area contributed by atoms with Crippen LogP contribution in [-0.4, -0.2) is 16.8 Å². The second-order valence-electron chi connectivity index (χ2n) is 2.36. The monoisotopic (exact) mass is 153 g/mol. The van der Waals surface area contributed by atoms with Gasteiger partial charge in [-0.1, -0.05) is 0 Å². The summed E-state index contributed by atoms with van der Waals surface area (Å²) < 4.78 is 1.32. The number of aryl methyl sites for hydroxylation is 1. The van der Waals surface area contributed by atoms with E-state index >= 15 is 0 Å². The van der Waals surface area contributed by atoms with Gasteiger partial charge in [-0.25, -0.2) is 4.68 Å². The van der Waals surface area contributed by atoms with Crippen LogP contribution in [0.2, 0.25) is 0 Å². The third-order valence-electron chi connectivity index (χ3n) is 1.65. The molecule has 0 amide bonds. The fourth-order valence-corrected chi connectivity index (χ4v) is 0.904. The lowest BCUT2D eigenvalue weighted by molar-refractivity contribution is 0.701. The normalized spacial score (nSPS) is 9.73. The maximum absolute atomic E-state index is 11.2. The molecule has 1 aromatic rings. The molecule has 0 saturated carbocycles. The van der Waals surface area contributed by atoms with E-state index in [0.717, 1.165) is 5.69 Å². The number of anilines is 1. The van der Waals surface area contributed by atoms with E-state index in [-0.39, 0.29) is 5.56 Å². The summed E-state index contributed by atoms with van der Waals surface area (Å²) in [7, 11) is 3.40. The second-order valence-corrected chi connectivity index (χ2v) is 2.36. The molecule has 4 nitrogen and oxygen atoms in total. The molecule has 11 heavy (non-hydrogen) atoms. The van der Waals surface area contributed by atoms with Crippen molar-refractivity contribution < 1.29 is 0 Å². The third-order valence-corrected chi connectivity index (χ3v) is 1.65. The SMILES string of the molecule is CNc1cnn(C)c(=O)c1C. The summed E-state index contributed by atoms with van der Waals surface area (Å²) in [6.45, 7) is 1.77. The molecule has 0 aliphatic heterocycles. The lowest BCUT2D eigenvalue weighted by Crippen LogP contribution is -2.22. The molecule has 1 aromatic heterocycles. The summed E-state index contributed by atoms with van der Waals surface area (Å²) >= 11 is 0. The molecule has 0 spiro atoms. The van der Waals surface area contributed by atoms with Crippen LogP contribution in [0.15, 0.2) is 11.0 Å². The molecule has 0 bridgehead atoms. The minimum absolute atomic E-state index is 0.0585. The van der Waals surface area contributed by atoms with E-state index in [9.17, 15) is 4.79 Å². The highest BCUT2D eigenvalue weighted by Gasteiger charge is 2.01. The van der Waals surface area contributed by atoms with E-state index in [4.69, 9.17) is 0 Å². The summed E-state index contributed by atoms with van der Waals surface area (Å²) in [5.74, 6) is 0. The van der Waals surface area contributed by atoms with Crippen LogP contribution < -0.4 is 10.9 Å². The fourth-order valence-electron chi connectivity index (χ4n) is 0.904. The van der Waals surface area contributed by atoms with Crippen molar-refractivity contribution in [2.24, 2.45) is 7.05 Å². The Morgan fingerprint density at radius 3 is 2.82 bits per heavy atom. The molecule has 0 fully saturated rings. The molecule has 1 N–H and O–H groups in total. The van der Waals surface area contributed by atoms with Crippen LogP contribution in [0.5, 0.6) is 0 Å². The van der Waals surface area contributed by atoms with E-state index in [1.807, 2.05) is 0 Å². The lowest BCUT2D eigenvalue weighted by Gasteiger charge is -2.03. The summed E-state index contributed by atoms with van der Waals surface area (Å²) in [6.07, 6.45) is 1.64. The Hall–Kier alpha value is -1.32. The third kappa shape index (κ3) is 1.24. The topological polar surface area (TPSA) is 46.9 Å². The van der Waals surface area contributed by atoms with Gasteiger partial charge in [0.1, 0.15) is 0 Å². The average molecular weight is 153 g/mol. The van der Waals surface area contributed by atoms with Gasteiger partial charge in [0, 0.05) is 19.7 Å². The zero-order valence-electron chi connectivity index (χ0n) is 6.88. The van der Waals surface area contributed by atoms with Gasteiger partial charge in [0.25, 0.3) is 5.56 Å². The highest BCUT2D eigenvalue weighted by atomic mass is 16.1. The van der Waals surface area contributed by atoms with Crippen molar-refractivity contribution in [3.63, 3.8) is 0 Å². The largest absolute Gasteiger partial charge is 0.386 e. The van der Waals surface area contributed by atoms with E-state index in [0.29, 0.717) is 5.56 Å². The Bertz CT molecular complexity index is 316. The predicted molar refractivity (Wildman–Crippen MR) is 43.8 cm³/mol. The van der Waals surface area contributed by atoms with E-state index in [1.54, 1.807) is 27.2 Å². The molecule has 0 aliphatic rings. The van der Waals surface area contributed by atoms with Crippen molar-refractivity contribution in [3.8, 4) is 0 Å². The summed E-state index contributed by atoms with van der Waals surface area (Å²) in [5, 5.41) is 6.74. The lowest BCUT2D eigenvalue weighted by atomic mass is 10.3. The van der Waals surface area contributed by atoms with Crippen LogP contribution in [0.3, 0.4) is 0 Å². The number of nitrogens with one attached hydrogen (secondary N) is 1. The highest BCUT2D eigenvalue weighted by molar-refractivity contribution is 5.46. The summed E-state index contributed by atoms with van der Waals surface area (Å²) in [4.78, 5) is 11.2. The minimum Gasteiger partial charge on any atom is -0.386 e. The molecule has 0 aliphatic carbocycles. The van der Waals surface area contributed by atoms with Gasteiger partial charge < -0.3 is 5.32 Å². The van der Waals surface area contributed by atoms with Gasteiger partial charge in [0.2, 0.25) is 0 Å². The van der Waals surface area contributed by atoms with Crippen molar-refractivity contribution in [1.29, 1.82) is 0 Å². The first kappa shape index (κ1) is 7.78. The Kier molecular flexibility index (Phi) is 1.94. The van der Waals surface area contributed by atoms with Gasteiger partial charge >= 0.3 is 0 Å². The summed E-state index contributed by atoms with van der Waals surface area (Å²) in [5.41, 5.74) is 1.43. The van der Waals surface area contributed by atoms with Gasteiger partial charge in [0.15, 0.2) is 0 Å². The van der Waals surface area contributed by atoms with Crippen LogP contribution in [0.4, 0.5) is 5.69 Å². The standard InChI is InChI=1S/C7H11N3O/c1-5-6(8-2)4-9-10(3)7(5)11/h4,8H,1-3H3. The zero-order chi connectivity index (χ0) is 8.43. The van der Waals surface area contributed by atoms with E-state index < -0.39 is 0 Å². The second kappa shape index (κ2) is 2.74. The molecular weight excluding hydrogens is 142 g/mol. The molecule has 1 rings (SSSR count). The molecule has 0 radical (unpaired) electrons. The quantitative estimate of drug-likeness (QED) is 0.623. The van der Waals surface area contributed by atoms with Gasteiger partial charge in [-0.15, -0.1) is 0 Å². The Labute approximate surface area is 64.9 Å². The first-order valence-electron chi connectivity index (χ1n) is 3.37. The molecule has 0 aromatic carbocycles. The van der Waals surface area contributed by atoms with Gasteiger partial charge in [0.05, 0.1) is 11.9 Å². The minimum atomic E-state index is -0.0585. The number of nitrogens with zero attached hydrogens (tertiary/aromatic N) is 2. The smallest absolute Gasteiger partial charge is 0.271 e. The molecule has 4 heteroatoms. The maximum atomic E-state index is 11.2. The van der Waals surface area contributed by atoms with Crippen LogP contribution >= 0.6 is 0 Å². The van der Waals surface area contributed by atoms with E-state index in [1.165, 1.54) is 4.68 Å². The molecule has 0 unspecified atom stereocenters. The first-order chi connectivity index (χ1) is 5.16. The Morgan fingerprint density at radius 2 is 2.27 bits per heavy atom. The molecular formula is C7H11N3O. The fraction of sp³-hybridized carbons (Fsp3) is 0.429. The number of hydrogen-bond acceptors (Lipinski definition) is 3. The number of hydrogen-bond donors (Lipinski definition) is 1. The maximum Gasteiger partial charge on any atom is 0.271 e. The molecule has 60 valence electrons. The van der Waals surface area contributed by atoms with Gasteiger partial charge in [-0.3, -0.25) is 4.79 Å². The number of rotatable bonds is 1. The van der Waals surface area contributed by atoms with Crippen molar-refractivity contribution in [3.05, 3.63) is 22.1 Å². The van der Waals surface area contributed by atoms with Gasteiger partial charge in [-0.05, 0) is 6.92 Å². The van der Waals surface area contributed by atoms with Crippen molar-refractivity contribution in [1.82, 2.24) is 9.78 Å². The van der Waals surface area contributed by atoms with Crippen molar-refractivity contribution in [2.75, 3.05) is 12.4 Å². The van der Waals surface area contributed by atoms with Crippen molar-refractivity contribution in [2.45, 2.75) is 6.92 Å². The average Bonchev–Trinajstić information content (AvgIpc) is 2.01. The molecule has 1 heterocycles. The zero-order valence-corrected chi connectivity index (χ0v) is 6.88. The van der Waals surface area contributed by atoms with Crippen LogP contribution in [0.1, 0.15) is 5.56 Å². The molecule has 0 atom stereocenters. The highest BCUT2D eigenvalue weighted by Crippen LogP contribution is 2.04. The van der Waals surface area contributed by atoms with E-state index in [2.05, 4.69) is 10.4 Å². The van der Waals surface area contributed by atoms with Crippen LogP contribution in [0.25, 0.3) is 0 Å². The van der Waals surface area contributed by atoms with Crippen LogP contribution in [-0.2, 0) is 7.05 Å². The van der Waals surface area contributed by atoms with Crippen molar-refractivity contribution >= 4 is 5.69 Å². The predicted octanol–water partition coefficient (Wildman–Crippen LogP) is 0.130. The van der Waals surface area contributed by atoms with Gasteiger partial charge in [-0.2, -0.15) is 5.10 Å². The molecule has 0 saturated heterocycles. The Morgan fingerprint density at radius 1 is 1.64 bits per heavy atom.